The van der Waals surface area contributed by atoms with Crippen LogP contribution in [0.2, 0.25) is 0 Å². The molecular weight excluding hydrogens is 292 g/mol. The lowest BCUT2D eigenvalue weighted by atomic mass is 10.1. The molecule has 20 heavy (non-hydrogen) atoms. The molecule has 6 heteroatoms. The highest BCUT2D eigenvalue weighted by atomic mass is 32.2. The lowest BCUT2D eigenvalue weighted by molar-refractivity contribution is 0.512. The van der Waals surface area contributed by atoms with Crippen LogP contribution in [0, 0.1) is 0 Å². The number of sulfonamides is 1. The Bertz CT molecular complexity index is 556. The third kappa shape index (κ3) is 5.56. The summed E-state index contributed by atoms with van der Waals surface area (Å²) in [5.74, 6) is -0.0519. The summed E-state index contributed by atoms with van der Waals surface area (Å²) >= 11 is 4.90. The van der Waals surface area contributed by atoms with Gasteiger partial charge in [0.15, 0.2) is 0 Å². The zero-order valence-corrected chi connectivity index (χ0v) is 13.6. The molecule has 4 nitrogen and oxygen atoms in total. The van der Waals surface area contributed by atoms with Crippen molar-refractivity contribution in [2.75, 3.05) is 0 Å². The molecule has 0 amide bonds. The fourth-order valence-corrected chi connectivity index (χ4v) is 3.65. The maximum Gasteiger partial charge on any atom is 0.216 e. The minimum Gasteiger partial charge on any atom is -0.389 e. The molecule has 0 spiro atoms. The number of thiocarbonyl (C=S) groups is 1. The van der Waals surface area contributed by atoms with E-state index < -0.39 is 10.0 Å². The molecule has 112 valence electrons. The van der Waals surface area contributed by atoms with Gasteiger partial charge in [-0.05, 0) is 24.5 Å². The fourth-order valence-electron chi connectivity index (χ4n) is 2.02. The van der Waals surface area contributed by atoms with Crippen molar-refractivity contribution >= 4 is 27.2 Å². The van der Waals surface area contributed by atoms with Crippen LogP contribution < -0.4 is 10.5 Å². The molecule has 1 rings (SSSR count). The van der Waals surface area contributed by atoms with E-state index in [9.17, 15) is 8.42 Å². The Morgan fingerprint density at radius 2 is 2.10 bits per heavy atom. The number of rotatable bonds is 8. The van der Waals surface area contributed by atoms with Crippen molar-refractivity contribution in [2.24, 2.45) is 5.73 Å². The Hall–Kier alpha value is -0.980. The zero-order valence-electron chi connectivity index (χ0n) is 11.9. The van der Waals surface area contributed by atoms with Gasteiger partial charge >= 0.3 is 0 Å². The molecule has 0 aliphatic rings. The van der Waals surface area contributed by atoms with E-state index in [1.165, 1.54) is 0 Å². The minimum atomic E-state index is -3.34. The molecule has 0 bridgehead atoms. The van der Waals surface area contributed by atoms with Gasteiger partial charge in [-0.2, -0.15) is 0 Å². The van der Waals surface area contributed by atoms with Crippen LogP contribution in [0.1, 0.15) is 44.2 Å². The summed E-state index contributed by atoms with van der Waals surface area (Å²) in [5.41, 5.74) is 6.93. The van der Waals surface area contributed by atoms with Crippen molar-refractivity contribution in [3.05, 3.63) is 35.4 Å². The van der Waals surface area contributed by atoms with Crippen molar-refractivity contribution in [1.82, 2.24) is 4.72 Å². The highest BCUT2D eigenvalue weighted by Crippen LogP contribution is 2.11. The predicted octanol–water partition coefficient (Wildman–Crippen LogP) is 2.32. The third-order valence-corrected chi connectivity index (χ3v) is 4.69. The first-order chi connectivity index (χ1) is 9.38. The van der Waals surface area contributed by atoms with Crippen molar-refractivity contribution in [3.63, 3.8) is 0 Å². The van der Waals surface area contributed by atoms with Crippen LogP contribution in [0.5, 0.6) is 0 Å². The largest absolute Gasteiger partial charge is 0.389 e. The highest BCUT2D eigenvalue weighted by molar-refractivity contribution is 7.88. The molecular formula is C14H22N2O2S2. The topological polar surface area (TPSA) is 72.2 Å². The van der Waals surface area contributed by atoms with Gasteiger partial charge in [-0.15, -0.1) is 0 Å². The summed E-state index contributed by atoms with van der Waals surface area (Å²) in [7, 11) is -3.34. The van der Waals surface area contributed by atoms with E-state index >= 15 is 0 Å². The molecule has 0 fully saturated rings. The Morgan fingerprint density at radius 1 is 1.40 bits per heavy atom. The first-order valence-corrected chi connectivity index (χ1v) is 8.82. The summed E-state index contributed by atoms with van der Waals surface area (Å²) in [4.78, 5) is 0.273. The van der Waals surface area contributed by atoms with Gasteiger partial charge in [0.05, 0.1) is 5.75 Å². The zero-order chi connectivity index (χ0) is 15.2. The van der Waals surface area contributed by atoms with E-state index in [0.717, 1.165) is 19.3 Å². The molecule has 0 aliphatic carbocycles. The van der Waals surface area contributed by atoms with Gasteiger partial charge in [0.1, 0.15) is 4.99 Å². The quantitative estimate of drug-likeness (QED) is 0.722. The number of nitrogens with two attached hydrogens (primary N) is 1. The van der Waals surface area contributed by atoms with Crippen LogP contribution in [0.4, 0.5) is 0 Å². The molecule has 1 atom stereocenters. The molecule has 3 N–H and O–H groups in total. The number of hydrogen-bond donors (Lipinski definition) is 2. The predicted molar refractivity (Wildman–Crippen MR) is 87.1 cm³/mol. The van der Waals surface area contributed by atoms with Gasteiger partial charge in [0.2, 0.25) is 10.0 Å². The van der Waals surface area contributed by atoms with E-state index in [4.69, 9.17) is 18.0 Å². The molecule has 0 aromatic heterocycles. The van der Waals surface area contributed by atoms with E-state index in [1.807, 2.05) is 13.8 Å². The van der Waals surface area contributed by atoms with Crippen molar-refractivity contribution < 1.29 is 8.42 Å². The highest BCUT2D eigenvalue weighted by Gasteiger charge is 2.16. The maximum absolute atomic E-state index is 12.2. The van der Waals surface area contributed by atoms with Crippen LogP contribution in [0.25, 0.3) is 0 Å². The minimum absolute atomic E-state index is 0.00349. The second-order valence-corrected chi connectivity index (χ2v) is 7.03. The van der Waals surface area contributed by atoms with E-state index in [0.29, 0.717) is 11.1 Å². The molecule has 0 aliphatic heterocycles. The average molecular weight is 314 g/mol. The summed E-state index contributed by atoms with van der Waals surface area (Å²) in [6.45, 7) is 4.03. The van der Waals surface area contributed by atoms with Gasteiger partial charge in [-0.3, -0.25) is 0 Å². The van der Waals surface area contributed by atoms with Crippen molar-refractivity contribution in [3.8, 4) is 0 Å². The van der Waals surface area contributed by atoms with Crippen LogP contribution in [-0.2, 0) is 15.8 Å². The normalized spacial score (nSPS) is 13.1. The van der Waals surface area contributed by atoms with E-state index in [1.54, 1.807) is 24.3 Å². The summed E-state index contributed by atoms with van der Waals surface area (Å²) < 4.78 is 27.0. The lowest BCUT2D eigenvalue weighted by Crippen LogP contribution is -2.35. The second kappa shape index (κ2) is 7.71. The van der Waals surface area contributed by atoms with Crippen LogP contribution >= 0.6 is 12.2 Å². The third-order valence-electron chi connectivity index (χ3n) is 3.04. The fraction of sp³-hybridized carbons (Fsp3) is 0.500. The van der Waals surface area contributed by atoms with Gasteiger partial charge in [0, 0.05) is 11.6 Å². The Labute approximate surface area is 126 Å². The molecule has 0 heterocycles. The summed E-state index contributed by atoms with van der Waals surface area (Å²) in [5, 5.41) is 0. The molecule has 1 unspecified atom stereocenters. The Kier molecular flexibility index (Phi) is 6.58. The molecule has 0 saturated heterocycles. The van der Waals surface area contributed by atoms with Crippen molar-refractivity contribution in [1.29, 1.82) is 0 Å². The van der Waals surface area contributed by atoms with Crippen LogP contribution in [0.15, 0.2) is 24.3 Å². The first kappa shape index (κ1) is 17.1. The van der Waals surface area contributed by atoms with E-state index in [2.05, 4.69) is 4.72 Å². The number of benzene rings is 1. The van der Waals surface area contributed by atoms with Gasteiger partial charge in [0.25, 0.3) is 0 Å². The second-order valence-electron chi connectivity index (χ2n) is 4.84. The van der Waals surface area contributed by atoms with E-state index in [-0.39, 0.29) is 16.8 Å². The first-order valence-electron chi connectivity index (χ1n) is 6.76. The van der Waals surface area contributed by atoms with Crippen molar-refractivity contribution in [2.45, 2.75) is 44.9 Å². The number of nitrogens with one attached hydrogen (secondary N) is 1. The molecule has 0 saturated carbocycles. The van der Waals surface area contributed by atoms with Crippen LogP contribution in [-0.4, -0.2) is 19.4 Å². The molecule has 0 radical (unpaired) electrons. The maximum atomic E-state index is 12.2. The van der Waals surface area contributed by atoms with Gasteiger partial charge in [-0.25, -0.2) is 13.1 Å². The monoisotopic (exact) mass is 314 g/mol. The van der Waals surface area contributed by atoms with Gasteiger partial charge < -0.3 is 5.73 Å². The Balaban J connectivity index is 2.80. The Morgan fingerprint density at radius 3 is 2.65 bits per heavy atom. The number of hydrogen-bond acceptors (Lipinski definition) is 3. The lowest BCUT2D eigenvalue weighted by Gasteiger charge is -2.16. The summed E-state index contributed by atoms with van der Waals surface area (Å²) in [6, 6.07) is 7.04. The smallest absolute Gasteiger partial charge is 0.216 e. The SMILES string of the molecule is CCCC(CC)NS(=O)(=O)Cc1cccc(C(N)=S)c1. The standard InChI is InChI=1S/C14H22N2O2S2/c1-3-6-13(4-2)16-20(17,18)10-11-7-5-8-12(9-11)14(15)19/h5,7-9,13,16H,3-4,6,10H2,1-2H3,(H2,15,19). The van der Waals surface area contributed by atoms with Crippen LogP contribution in [0.3, 0.4) is 0 Å². The average Bonchev–Trinajstić information content (AvgIpc) is 2.37. The van der Waals surface area contributed by atoms with Gasteiger partial charge in [-0.1, -0.05) is 50.7 Å². The summed E-state index contributed by atoms with van der Waals surface area (Å²) in [6.07, 6.45) is 2.60. The molecule has 1 aromatic carbocycles. The molecule has 1 aromatic rings.